The molecular weight excluding hydrogens is 184 g/mol. The van der Waals surface area contributed by atoms with Gasteiger partial charge < -0.3 is 10.6 Å². The van der Waals surface area contributed by atoms with Crippen LogP contribution in [-0.4, -0.2) is 19.1 Å². The number of aryl methyl sites for hydroxylation is 1. The molecule has 1 aromatic rings. The largest absolute Gasteiger partial charge is 0.315 e. The highest BCUT2D eigenvalue weighted by Crippen LogP contribution is 2.18. The number of nitrogens with one attached hydrogen (secondary N) is 2. The molecule has 2 nitrogen and oxygen atoms in total. The van der Waals surface area contributed by atoms with Gasteiger partial charge in [0, 0.05) is 18.6 Å². The fraction of sp³-hybridized carbons (Fsp3) is 0.538. The fourth-order valence-electron chi connectivity index (χ4n) is 2.31. The van der Waals surface area contributed by atoms with Gasteiger partial charge in [0.25, 0.3) is 0 Å². The molecule has 2 atom stereocenters. The molecule has 1 fully saturated rings. The zero-order valence-corrected chi connectivity index (χ0v) is 9.59. The summed E-state index contributed by atoms with van der Waals surface area (Å²) in [6.07, 6.45) is 1.25. The van der Waals surface area contributed by atoms with E-state index < -0.39 is 0 Å². The first-order chi connectivity index (χ1) is 7.27. The lowest BCUT2D eigenvalue weighted by molar-refractivity contribution is 0.477. The van der Waals surface area contributed by atoms with Gasteiger partial charge in [-0.2, -0.15) is 0 Å². The van der Waals surface area contributed by atoms with Crippen molar-refractivity contribution in [3.63, 3.8) is 0 Å². The second-order valence-corrected chi connectivity index (χ2v) is 4.43. The topological polar surface area (TPSA) is 24.1 Å². The van der Waals surface area contributed by atoms with E-state index in [9.17, 15) is 0 Å². The summed E-state index contributed by atoms with van der Waals surface area (Å²) in [7, 11) is 0. The Bertz CT molecular complexity index is 316. The van der Waals surface area contributed by atoms with Crippen molar-refractivity contribution < 1.29 is 0 Å². The van der Waals surface area contributed by atoms with Crippen LogP contribution in [0, 0.1) is 6.92 Å². The van der Waals surface area contributed by atoms with Crippen molar-refractivity contribution in [1.82, 2.24) is 10.6 Å². The molecule has 2 heteroatoms. The summed E-state index contributed by atoms with van der Waals surface area (Å²) >= 11 is 0. The molecule has 1 aliphatic rings. The molecule has 2 unspecified atom stereocenters. The maximum Gasteiger partial charge on any atom is 0.0297 e. The van der Waals surface area contributed by atoms with Crippen LogP contribution < -0.4 is 10.6 Å². The number of hydrogen-bond donors (Lipinski definition) is 2. The molecule has 2 rings (SSSR count). The molecule has 0 bridgehead atoms. The summed E-state index contributed by atoms with van der Waals surface area (Å²) in [4.78, 5) is 0. The van der Waals surface area contributed by atoms with Crippen molar-refractivity contribution >= 4 is 0 Å². The summed E-state index contributed by atoms with van der Waals surface area (Å²) < 4.78 is 0. The Labute approximate surface area is 92.1 Å². The quantitative estimate of drug-likeness (QED) is 0.787. The molecule has 0 saturated carbocycles. The minimum Gasteiger partial charge on any atom is -0.315 e. The third kappa shape index (κ3) is 2.58. The van der Waals surface area contributed by atoms with Crippen molar-refractivity contribution in [2.75, 3.05) is 13.1 Å². The van der Waals surface area contributed by atoms with E-state index in [2.05, 4.69) is 48.7 Å². The third-order valence-electron chi connectivity index (χ3n) is 3.20. The predicted molar refractivity (Wildman–Crippen MR) is 64.0 cm³/mol. The van der Waals surface area contributed by atoms with E-state index in [0.717, 1.165) is 13.1 Å². The molecular formula is C13H20N2. The summed E-state index contributed by atoms with van der Waals surface area (Å²) in [6, 6.07) is 9.71. The molecule has 1 saturated heterocycles. The van der Waals surface area contributed by atoms with Crippen molar-refractivity contribution in [1.29, 1.82) is 0 Å². The molecule has 15 heavy (non-hydrogen) atoms. The normalized spacial score (nSPS) is 22.9. The first kappa shape index (κ1) is 10.7. The summed E-state index contributed by atoms with van der Waals surface area (Å²) in [5.74, 6) is 0. The molecule has 0 spiro atoms. The van der Waals surface area contributed by atoms with Crippen LogP contribution in [-0.2, 0) is 0 Å². The zero-order valence-electron chi connectivity index (χ0n) is 9.59. The number of benzene rings is 1. The van der Waals surface area contributed by atoms with Crippen LogP contribution in [0.3, 0.4) is 0 Å². The molecule has 0 radical (unpaired) electrons. The van der Waals surface area contributed by atoms with E-state index in [-0.39, 0.29) is 0 Å². The van der Waals surface area contributed by atoms with Crippen LogP contribution in [0.2, 0.25) is 0 Å². The lowest BCUT2D eigenvalue weighted by Crippen LogP contribution is -2.33. The van der Waals surface area contributed by atoms with Gasteiger partial charge in [-0.1, -0.05) is 24.3 Å². The fourth-order valence-corrected chi connectivity index (χ4v) is 2.31. The zero-order chi connectivity index (χ0) is 10.7. The van der Waals surface area contributed by atoms with E-state index in [1.54, 1.807) is 0 Å². The van der Waals surface area contributed by atoms with Crippen molar-refractivity contribution in [2.24, 2.45) is 0 Å². The summed E-state index contributed by atoms with van der Waals surface area (Å²) in [5.41, 5.74) is 2.80. The Morgan fingerprint density at radius 1 is 1.40 bits per heavy atom. The van der Waals surface area contributed by atoms with Gasteiger partial charge in [0.1, 0.15) is 0 Å². The Kier molecular flexibility index (Phi) is 3.39. The molecule has 1 aromatic carbocycles. The van der Waals surface area contributed by atoms with Crippen LogP contribution in [0.25, 0.3) is 0 Å². The smallest absolute Gasteiger partial charge is 0.0297 e. The predicted octanol–water partition coefficient (Wildman–Crippen LogP) is 2.01. The molecule has 0 aliphatic carbocycles. The van der Waals surface area contributed by atoms with Gasteiger partial charge in [-0.25, -0.2) is 0 Å². The highest BCUT2D eigenvalue weighted by molar-refractivity contribution is 5.28. The van der Waals surface area contributed by atoms with E-state index in [1.807, 2.05) is 0 Å². The Hall–Kier alpha value is -0.860. The van der Waals surface area contributed by atoms with Crippen molar-refractivity contribution in [3.8, 4) is 0 Å². The minimum absolute atomic E-state index is 0.455. The molecule has 1 heterocycles. The second kappa shape index (κ2) is 4.77. The standard InChI is InChI=1S/C13H20N2/c1-10-5-3-4-6-13(10)11(2)15-12-7-8-14-9-12/h3-6,11-12,14-15H,7-9H2,1-2H3. The van der Waals surface area contributed by atoms with Gasteiger partial charge in [0.05, 0.1) is 0 Å². The summed E-state index contributed by atoms with van der Waals surface area (Å²) in [5, 5.41) is 7.05. The average molecular weight is 204 g/mol. The number of hydrogen-bond acceptors (Lipinski definition) is 2. The molecule has 82 valence electrons. The van der Waals surface area contributed by atoms with E-state index >= 15 is 0 Å². The Balaban J connectivity index is 2.00. The van der Waals surface area contributed by atoms with Crippen LogP contribution in [0.15, 0.2) is 24.3 Å². The van der Waals surface area contributed by atoms with Gasteiger partial charge in [-0.05, 0) is 37.9 Å². The van der Waals surface area contributed by atoms with Crippen LogP contribution in [0.5, 0.6) is 0 Å². The lowest BCUT2D eigenvalue weighted by Gasteiger charge is -2.20. The van der Waals surface area contributed by atoms with Gasteiger partial charge in [0.2, 0.25) is 0 Å². The molecule has 0 amide bonds. The van der Waals surface area contributed by atoms with Gasteiger partial charge in [-0.15, -0.1) is 0 Å². The van der Waals surface area contributed by atoms with Gasteiger partial charge in [-0.3, -0.25) is 0 Å². The highest BCUT2D eigenvalue weighted by atomic mass is 15.0. The molecule has 2 N–H and O–H groups in total. The van der Waals surface area contributed by atoms with Crippen molar-refractivity contribution in [2.45, 2.75) is 32.4 Å². The van der Waals surface area contributed by atoms with Gasteiger partial charge >= 0.3 is 0 Å². The first-order valence-corrected chi connectivity index (χ1v) is 5.79. The van der Waals surface area contributed by atoms with E-state index in [4.69, 9.17) is 0 Å². The summed E-state index contributed by atoms with van der Waals surface area (Å²) in [6.45, 7) is 6.69. The third-order valence-corrected chi connectivity index (χ3v) is 3.20. The molecule has 0 aromatic heterocycles. The monoisotopic (exact) mass is 204 g/mol. The SMILES string of the molecule is Cc1ccccc1C(C)NC1CCNC1. The highest BCUT2D eigenvalue weighted by Gasteiger charge is 2.17. The first-order valence-electron chi connectivity index (χ1n) is 5.79. The van der Waals surface area contributed by atoms with E-state index in [0.29, 0.717) is 12.1 Å². The maximum absolute atomic E-state index is 3.67. The van der Waals surface area contributed by atoms with Crippen LogP contribution in [0.4, 0.5) is 0 Å². The lowest BCUT2D eigenvalue weighted by atomic mass is 10.0. The van der Waals surface area contributed by atoms with Crippen molar-refractivity contribution in [3.05, 3.63) is 35.4 Å². The minimum atomic E-state index is 0.455. The van der Waals surface area contributed by atoms with Gasteiger partial charge in [0.15, 0.2) is 0 Å². The Morgan fingerprint density at radius 2 is 2.20 bits per heavy atom. The maximum atomic E-state index is 3.67. The van der Waals surface area contributed by atoms with E-state index in [1.165, 1.54) is 17.5 Å². The average Bonchev–Trinajstić information content (AvgIpc) is 2.71. The molecule has 1 aliphatic heterocycles. The number of rotatable bonds is 3. The van der Waals surface area contributed by atoms with Crippen LogP contribution in [0.1, 0.15) is 30.5 Å². The van der Waals surface area contributed by atoms with Crippen LogP contribution >= 0.6 is 0 Å². The Morgan fingerprint density at radius 3 is 2.87 bits per heavy atom. The second-order valence-electron chi connectivity index (χ2n) is 4.43.